The van der Waals surface area contributed by atoms with E-state index >= 15 is 0 Å². The topological polar surface area (TPSA) is 0 Å². The molecule has 0 aromatic heterocycles. The van der Waals surface area contributed by atoms with Gasteiger partial charge in [0.2, 0.25) is 0 Å². The highest BCUT2D eigenvalue weighted by atomic mass is 14.4. The highest BCUT2D eigenvalue weighted by molar-refractivity contribution is 5.24. The molecule has 0 spiro atoms. The molecule has 0 unspecified atom stereocenters. The SMILES string of the molecule is C.C.C=CCC1CCC(C2CCC(c3ccc(C)cc3)CC2)CC1.[HH].[HH]. The summed E-state index contributed by atoms with van der Waals surface area (Å²) in [5.41, 5.74) is 2.97. The molecule has 0 amide bonds. The van der Waals surface area contributed by atoms with Crippen LogP contribution in [0.15, 0.2) is 36.9 Å². The molecule has 3 rings (SSSR count). The van der Waals surface area contributed by atoms with Crippen LogP contribution >= 0.6 is 0 Å². The van der Waals surface area contributed by atoms with E-state index in [1.807, 2.05) is 0 Å². The summed E-state index contributed by atoms with van der Waals surface area (Å²) in [4.78, 5) is 0. The van der Waals surface area contributed by atoms with Crippen LogP contribution in [-0.2, 0) is 0 Å². The zero-order valence-electron chi connectivity index (χ0n) is 14.3. The Balaban J connectivity index is 0. The molecule has 0 N–H and O–H groups in total. The van der Waals surface area contributed by atoms with Crippen molar-refractivity contribution < 1.29 is 2.85 Å². The Labute approximate surface area is 154 Å². The molecule has 2 aliphatic rings. The lowest BCUT2D eigenvalue weighted by molar-refractivity contribution is 0.160. The van der Waals surface area contributed by atoms with Gasteiger partial charge in [-0.25, -0.2) is 0 Å². The third kappa shape index (κ3) is 5.23. The van der Waals surface area contributed by atoms with E-state index in [9.17, 15) is 0 Å². The van der Waals surface area contributed by atoms with Crippen molar-refractivity contribution in [2.24, 2.45) is 17.8 Å². The van der Waals surface area contributed by atoms with Gasteiger partial charge in [-0.3, -0.25) is 0 Å². The fourth-order valence-corrected chi connectivity index (χ4v) is 4.89. The minimum Gasteiger partial charge on any atom is -0.103 e. The van der Waals surface area contributed by atoms with E-state index < -0.39 is 0 Å². The molecular formula is C24H44. The van der Waals surface area contributed by atoms with Crippen LogP contribution in [0.25, 0.3) is 0 Å². The van der Waals surface area contributed by atoms with Crippen LogP contribution in [0, 0.1) is 24.7 Å². The number of hydrogen-bond acceptors (Lipinski definition) is 0. The maximum Gasteiger partial charge on any atom is 0 e. The van der Waals surface area contributed by atoms with Crippen molar-refractivity contribution in [3.8, 4) is 0 Å². The van der Waals surface area contributed by atoms with Gasteiger partial charge in [0, 0.05) is 2.85 Å². The Bertz CT molecular complexity index is 463. The third-order valence-electron chi connectivity index (χ3n) is 6.38. The summed E-state index contributed by atoms with van der Waals surface area (Å²) < 4.78 is 0. The molecule has 2 aliphatic carbocycles. The summed E-state index contributed by atoms with van der Waals surface area (Å²) in [6.07, 6.45) is 15.0. The fourth-order valence-electron chi connectivity index (χ4n) is 4.89. The molecule has 1 aromatic rings. The Morgan fingerprint density at radius 3 is 1.88 bits per heavy atom. The van der Waals surface area contributed by atoms with Crippen molar-refractivity contribution >= 4 is 0 Å². The van der Waals surface area contributed by atoms with Crippen molar-refractivity contribution in [2.45, 2.75) is 85.5 Å². The van der Waals surface area contributed by atoms with Gasteiger partial charge in [-0.2, -0.15) is 0 Å². The summed E-state index contributed by atoms with van der Waals surface area (Å²) in [6.45, 7) is 6.09. The number of benzene rings is 1. The van der Waals surface area contributed by atoms with E-state index in [0.717, 1.165) is 23.7 Å². The standard InChI is InChI=1S/C22H32.2CH4.2H2/c1-3-4-18-7-11-20(12-8-18)22-15-13-21(14-16-22)19-9-5-17(2)6-10-19;;;;/h3,5-6,9-10,18,20-22H,1,4,7-8,11-16H2,2H3;2*1H4;2*1H. The Hall–Kier alpha value is -1.04. The van der Waals surface area contributed by atoms with Crippen LogP contribution in [0.5, 0.6) is 0 Å². The minimum absolute atomic E-state index is 0. The molecule has 2 saturated carbocycles. The lowest BCUT2D eigenvalue weighted by Crippen LogP contribution is -2.25. The summed E-state index contributed by atoms with van der Waals surface area (Å²) in [5.74, 6) is 3.82. The molecule has 1 aromatic carbocycles. The first-order chi connectivity index (χ1) is 10.8. The van der Waals surface area contributed by atoms with Gasteiger partial charge in [-0.1, -0.05) is 50.8 Å². The zero-order valence-corrected chi connectivity index (χ0v) is 14.3. The molecule has 0 heterocycles. The average molecular weight is 333 g/mol. The van der Waals surface area contributed by atoms with Gasteiger partial charge in [0.1, 0.15) is 0 Å². The first-order valence-corrected chi connectivity index (χ1v) is 9.43. The molecule has 0 aliphatic heterocycles. The van der Waals surface area contributed by atoms with Crippen LogP contribution in [0.3, 0.4) is 0 Å². The maximum absolute atomic E-state index is 3.91. The monoisotopic (exact) mass is 332 g/mol. The van der Waals surface area contributed by atoms with Crippen LogP contribution < -0.4 is 0 Å². The van der Waals surface area contributed by atoms with Crippen LogP contribution in [-0.4, -0.2) is 0 Å². The number of hydrogen-bond donors (Lipinski definition) is 0. The first kappa shape index (κ1) is 21.0. The number of aryl methyl sites for hydroxylation is 1. The molecule has 140 valence electrons. The van der Waals surface area contributed by atoms with Crippen LogP contribution in [0.2, 0.25) is 0 Å². The van der Waals surface area contributed by atoms with Gasteiger partial charge in [0.15, 0.2) is 0 Å². The lowest BCUT2D eigenvalue weighted by Gasteiger charge is -2.38. The van der Waals surface area contributed by atoms with E-state index in [1.54, 1.807) is 5.56 Å². The second kappa shape index (κ2) is 10.1. The molecule has 2 fully saturated rings. The Kier molecular flexibility index (Phi) is 8.81. The molecule has 0 radical (unpaired) electrons. The van der Waals surface area contributed by atoms with E-state index in [1.165, 1.54) is 63.4 Å². The van der Waals surface area contributed by atoms with Crippen molar-refractivity contribution in [1.29, 1.82) is 0 Å². The highest BCUT2D eigenvalue weighted by Crippen LogP contribution is 2.44. The van der Waals surface area contributed by atoms with E-state index in [4.69, 9.17) is 0 Å². The Morgan fingerprint density at radius 1 is 0.875 bits per heavy atom. The zero-order chi connectivity index (χ0) is 15.4. The lowest BCUT2D eigenvalue weighted by atomic mass is 9.68. The molecule has 24 heavy (non-hydrogen) atoms. The fraction of sp³-hybridized carbons (Fsp3) is 0.667. The van der Waals surface area contributed by atoms with E-state index in [2.05, 4.69) is 43.8 Å². The van der Waals surface area contributed by atoms with Gasteiger partial charge < -0.3 is 0 Å². The summed E-state index contributed by atoms with van der Waals surface area (Å²) in [6, 6.07) is 9.28. The van der Waals surface area contributed by atoms with Crippen molar-refractivity contribution in [1.82, 2.24) is 0 Å². The second-order valence-corrected chi connectivity index (χ2v) is 7.83. The molecule has 0 atom stereocenters. The van der Waals surface area contributed by atoms with E-state index in [-0.39, 0.29) is 17.7 Å². The Morgan fingerprint density at radius 2 is 1.38 bits per heavy atom. The van der Waals surface area contributed by atoms with Crippen molar-refractivity contribution in [2.75, 3.05) is 0 Å². The normalized spacial score (nSPS) is 29.9. The minimum atomic E-state index is 0. The second-order valence-electron chi connectivity index (χ2n) is 7.83. The summed E-state index contributed by atoms with van der Waals surface area (Å²) in [5, 5.41) is 0. The molecule has 0 heteroatoms. The maximum atomic E-state index is 3.91. The summed E-state index contributed by atoms with van der Waals surface area (Å²) in [7, 11) is 0. The van der Waals surface area contributed by atoms with Gasteiger partial charge in [-0.15, -0.1) is 6.58 Å². The largest absolute Gasteiger partial charge is 0.103 e. The number of allylic oxidation sites excluding steroid dienone is 1. The number of rotatable bonds is 4. The van der Waals surface area contributed by atoms with Crippen LogP contribution in [0.1, 0.15) is 92.5 Å². The van der Waals surface area contributed by atoms with Gasteiger partial charge in [0.25, 0.3) is 0 Å². The predicted molar refractivity (Wildman–Crippen MR) is 114 cm³/mol. The molecule has 0 nitrogen and oxygen atoms in total. The van der Waals surface area contributed by atoms with Gasteiger partial charge >= 0.3 is 0 Å². The van der Waals surface area contributed by atoms with Gasteiger partial charge in [0.05, 0.1) is 0 Å². The molecular weight excluding hydrogens is 288 g/mol. The van der Waals surface area contributed by atoms with Crippen molar-refractivity contribution in [3.63, 3.8) is 0 Å². The quantitative estimate of drug-likeness (QED) is 0.485. The van der Waals surface area contributed by atoms with Crippen LogP contribution in [0.4, 0.5) is 0 Å². The smallest absolute Gasteiger partial charge is 0 e. The van der Waals surface area contributed by atoms with E-state index in [0.29, 0.717) is 0 Å². The third-order valence-corrected chi connectivity index (χ3v) is 6.38. The van der Waals surface area contributed by atoms with Crippen molar-refractivity contribution in [3.05, 3.63) is 48.0 Å². The molecule has 0 saturated heterocycles. The average Bonchev–Trinajstić information content (AvgIpc) is 2.57. The first-order valence-electron chi connectivity index (χ1n) is 9.43. The predicted octanol–water partition coefficient (Wildman–Crippen LogP) is 8.42. The molecule has 0 bridgehead atoms. The highest BCUT2D eigenvalue weighted by Gasteiger charge is 2.30. The van der Waals surface area contributed by atoms with Gasteiger partial charge in [-0.05, 0) is 93.9 Å². The summed E-state index contributed by atoms with van der Waals surface area (Å²) >= 11 is 0.